The topological polar surface area (TPSA) is 161 Å². The highest BCUT2D eigenvalue weighted by atomic mass is 16.6. The third kappa shape index (κ3) is 7.05. The molecule has 5 rings (SSSR count). The van der Waals surface area contributed by atoms with Gasteiger partial charge in [-0.05, 0) is 45.7 Å². The van der Waals surface area contributed by atoms with E-state index in [0.717, 1.165) is 0 Å². The van der Waals surface area contributed by atoms with E-state index in [1.54, 1.807) is 45.2 Å². The van der Waals surface area contributed by atoms with Crippen LogP contribution in [0.2, 0.25) is 0 Å². The standard InChI is InChI=1S/C28H35N7O7/c1-28(2,3)42-26(37)32-23-5-4-20-25(31-23)34(24(36)16-30-20)11-10-33-8-6-19(7-9-33)35(27(38)39)17-18-14-21-22(15-29-18)41-13-12-40-21/h4-5,14-16,19H,6-13,17H2,1-3H3,(H,38,39)(H,31,32,37). The first-order valence-electron chi connectivity index (χ1n) is 13.9. The van der Waals surface area contributed by atoms with Crippen LogP contribution in [0.25, 0.3) is 11.2 Å². The molecule has 5 heterocycles. The first-order valence-corrected chi connectivity index (χ1v) is 13.9. The number of pyridine rings is 2. The number of piperidine rings is 1. The van der Waals surface area contributed by atoms with E-state index in [4.69, 9.17) is 14.2 Å². The Hall–Kier alpha value is -4.46. The van der Waals surface area contributed by atoms with Crippen LogP contribution in [0.3, 0.4) is 0 Å². The fourth-order valence-electron chi connectivity index (χ4n) is 5.03. The van der Waals surface area contributed by atoms with Crippen molar-refractivity contribution in [2.45, 2.75) is 58.3 Å². The maximum absolute atomic E-state index is 12.7. The number of likely N-dealkylation sites (tertiary alicyclic amines) is 1. The zero-order valence-electron chi connectivity index (χ0n) is 23.9. The van der Waals surface area contributed by atoms with Gasteiger partial charge in [0.2, 0.25) is 0 Å². The number of aromatic nitrogens is 4. The van der Waals surface area contributed by atoms with E-state index in [-0.39, 0.29) is 24.0 Å². The lowest BCUT2D eigenvalue weighted by Crippen LogP contribution is -2.47. The number of nitrogens with zero attached hydrogens (tertiary/aromatic N) is 6. The van der Waals surface area contributed by atoms with E-state index in [2.05, 4.69) is 25.2 Å². The average Bonchev–Trinajstić information content (AvgIpc) is 2.94. The number of hydrogen-bond donors (Lipinski definition) is 2. The van der Waals surface area contributed by atoms with Gasteiger partial charge in [0.25, 0.3) is 5.56 Å². The smallest absolute Gasteiger partial charge is 0.413 e. The molecule has 0 aromatic carbocycles. The van der Waals surface area contributed by atoms with Crippen molar-refractivity contribution in [2.75, 3.05) is 38.2 Å². The summed E-state index contributed by atoms with van der Waals surface area (Å²) in [6.45, 7) is 8.61. The molecule has 14 heteroatoms. The summed E-state index contributed by atoms with van der Waals surface area (Å²) < 4.78 is 17.9. The van der Waals surface area contributed by atoms with E-state index in [9.17, 15) is 19.5 Å². The summed E-state index contributed by atoms with van der Waals surface area (Å²) in [6.07, 6.45) is 2.48. The molecule has 0 atom stereocenters. The average molecular weight is 582 g/mol. The van der Waals surface area contributed by atoms with Crippen molar-refractivity contribution >= 4 is 29.2 Å². The molecule has 2 aliphatic heterocycles. The van der Waals surface area contributed by atoms with Crippen LogP contribution < -0.4 is 20.3 Å². The molecular formula is C28H35N7O7. The second-order valence-corrected chi connectivity index (χ2v) is 11.2. The molecule has 0 spiro atoms. The van der Waals surface area contributed by atoms with Crippen LogP contribution in [0.5, 0.6) is 11.5 Å². The number of hydrogen-bond acceptors (Lipinski definition) is 10. The van der Waals surface area contributed by atoms with E-state index in [1.807, 2.05) is 0 Å². The van der Waals surface area contributed by atoms with Gasteiger partial charge in [-0.2, -0.15) is 0 Å². The molecule has 2 N–H and O–H groups in total. The third-order valence-electron chi connectivity index (χ3n) is 7.02. The lowest BCUT2D eigenvalue weighted by atomic mass is 10.0. The van der Waals surface area contributed by atoms with Crippen molar-refractivity contribution in [1.82, 2.24) is 29.3 Å². The molecule has 0 saturated carbocycles. The number of rotatable bonds is 7. The third-order valence-corrected chi connectivity index (χ3v) is 7.02. The van der Waals surface area contributed by atoms with E-state index in [0.29, 0.717) is 80.6 Å². The van der Waals surface area contributed by atoms with E-state index < -0.39 is 17.8 Å². The van der Waals surface area contributed by atoms with Gasteiger partial charge in [-0.3, -0.25) is 24.6 Å². The Labute approximate surface area is 242 Å². The normalized spacial score (nSPS) is 15.8. The molecule has 3 aromatic rings. The van der Waals surface area contributed by atoms with Gasteiger partial charge < -0.3 is 24.2 Å². The summed E-state index contributed by atoms with van der Waals surface area (Å²) in [6, 6.07) is 4.86. The highest BCUT2D eigenvalue weighted by Gasteiger charge is 2.29. The van der Waals surface area contributed by atoms with E-state index in [1.165, 1.54) is 15.7 Å². The maximum Gasteiger partial charge on any atom is 0.413 e. The van der Waals surface area contributed by atoms with Crippen LogP contribution in [-0.4, -0.2) is 91.1 Å². The fraction of sp³-hybridized carbons (Fsp3) is 0.500. The summed E-state index contributed by atoms with van der Waals surface area (Å²) >= 11 is 0. The molecule has 0 radical (unpaired) electrons. The summed E-state index contributed by atoms with van der Waals surface area (Å²) in [4.78, 5) is 53.7. The van der Waals surface area contributed by atoms with Gasteiger partial charge in [0, 0.05) is 38.3 Å². The Morgan fingerprint density at radius 3 is 2.55 bits per heavy atom. The second kappa shape index (κ2) is 12.2. The summed E-state index contributed by atoms with van der Waals surface area (Å²) in [5.41, 5.74) is 0.508. The van der Waals surface area contributed by atoms with Gasteiger partial charge in [-0.15, -0.1) is 0 Å². The quantitative estimate of drug-likeness (QED) is 0.422. The molecule has 1 saturated heterocycles. The summed E-state index contributed by atoms with van der Waals surface area (Å²) in [7, 11) is 0. The number of carbonyl (C=O) groups excluding carboxylic acids is 1. The van der Waals surface area contributed by atoms with Crippen molar-refractivity contribution in [1.29, 1.82) is 0 Å². The number of anilines is 1. The molecule has 0 unspecified atom stereocenters. The van der Waals surface area contributed by atoms with Gasteiger partial charge in [-0.25, -0.2) is 19.6 Å². The number of carboxylic acid groups (broad SMARTS) is 1. The fourth-order valence-corrected chi connectivity index (χ4v) is 5.03. The van der Waals surface area contributed by atoms with Crippen molar-refractivity contribution in [2.24, 2.45) is 0 Å². The SMILES string of the molecule is CC(C)(C)OC(=O)Nc1ccc2ncc(=O)n(CCN3CCC(N(Cc4cc5c(cn4)OCCO5)C(=O)O)CC3)c2n1. The number of ether oxygens (including phenoxy) is 3. The van der Waals surface area contributed by atoms with Crippen LogP contribution in [0, 0.1) is 0 Å². The van der Waals surface area contributed by atoms with Gasteiger partial charge in [0.1, 0.15) is 30.1 Å². The van der Waals surface area contributed by atoms with Crippen molar-refractivity contribution in [3.05, 3.63) is 46.6 Å². The van der Waals surface area contributed by atoms with Crippen LogP contribution in [0.15, 0.2) is 35.4 Å². The van der Waals surface area contributed by atoms with Gasteiger partial charge >= 0.3 is 12.2 Å². The summed E-state index contributed by atoms with van der Waals surface area (Å²) in [5, 5.41) is 12.6. The summed E-state index contributed by atoms with van der Waals surface area (Å²) in [5.74, 6) is 1.39. The number of fused-ring (bicyclic) bond motifs is 2. The molecule has 3 aromatic heterocycles. The zero-order valence-corrected chi connectivity index (χ0v) is 23.9. The second-order valence-electron chi connectivity index (χ2n) is 11.2. The molecule has 2 amide bonds. The number of amides is 2. The number of carbonyl (C=O) groups is 2. The highest BCUT2D eigenvalue weighted by Crippen LogP contribution is 2.30. The first-order chi connectivity index (χ1) is 20.1. The predicted molar refractivity (Wildman–Crippen MR) is 152 cm³/mol. The molecule has 0 aliphatic carbocycles. The highest BCUT2D eigenvalue weighted by molar-refractivity contribution is 5.85. The number of nitrogens with one attached hydrogen (secondary N) is 1. The lowest BCUT2D eigenvalue weighted by molar-refractivity contribution is 0.0635. The molecule has 0 bridgehead atoms. The van der Waals surface area contributed by atoms with Crippen molar-refractivity contribution in [3.8, 4) is 11.5 Å². The molecule has 14 nitrogen and oxygen atoms in total. The molecule has 1 fully saturated rings. The Morgan fingerprint density at radius 2 is 1.83 bits per heavy atom. The minimum atomic E-state index is -0.998. The Balaban J connectivity index is 1.20. The van der Waals surface area contributed by atoms with Gasteiger partial charge in [0.05, 0.1) is 24.6 Å². The lowest BCUT2D eigenvalue weighted by Gasteiger charge is -2.37. The van der Waals surface area contributed by atoms with Crippen LogP contribution in [-0.2, 0) is 17.8 Å². The molecule has 224 valence electrons. The minimum absolute atomic E-state index is 0.153. The van der Waals surface area contributed by atoms with E-state index >= 15 is 0 Å². The van der Waals surface area contributed by atoms with Crippen LogP contribution in [0.1, 0.15) is 39.3 Å². The predicted octanol–water partition coefficient (Wildman–Crippen LogP) is 2.95. The van der Waals surface area contributed by atoms with Crippen molar-refractivity contribution < 1.29 is 28.9 Å². The van der Waals surface area contributed by atoms with Crippen LogP contribution >= 0.6 is 0 Å². The van der Waals surface area contributed by atoms with Gasteiger partial charge in [0.15, 0.2) is 17.1 Å². The zero-order chi connectivity index (χ0) is 29.9. The maximum atomic E-state index is 12.7. The van der Waals surface area contributed by atoms with Gasteiger partial charge in [-0.1, -0.05) is 0 Å². The molecule has 2 aliphatic rings. The Morgan fingerprint density at radius 1 is 1.10 bits per heavy atom. The first kappa shape index (κ1) is 29.0. The van der Waals surface area contributed by atoms with Crippen molar-refractivity contribution in [3.63, 3.8) is 0 Å². The molecule has 42 heavy (non-hydrogen) atoms. The molecular weight excluding hydrogens is 546 g/mol. The largest absolute Gasteiger partial charge is 0.486 e. The van der Waals surface area contributed by atoms with Crippen LogP contribution in [0.4, 0.5) is 15.4 Å². The Bertz CT molecular complexity index is 1510. The minimum Gasteiger partial charge on any atom is -0.486 e. The monoisotopic (exact) mass is 581 g/mol. The Kier molecular flexibility index (Phi) is 8.43.